The average Bonchev–Trinajstić information content (AvgIpc) is 2.40. The molecular formula is C16H18ClN. The summed E-state index contributed by atoms with van der Waals surface area (Å²) in [6, 6.07) is 18.5. The van der Waals surface area contributed by atoms with Gasteiger partial charge in [0.05, 0.1) is 0 Å². The molecule has 0 spiro atoms. The van der Waals surface area contributed by atoms with E-state index < -0.39 is 0 Å². The van der Waals surface area contributed by atoms with Gasteiger partial charge in [0.25, 0.3) is 0 Å². The van der Waals surface area contributed by atoms with E-state index in [0.29, 0.717) is 5.92 Å². The monoisotopic (exact) mass is 259 g/mol. The van der Waals surface area contributed by atoms with E-state index in [2.05, 4.69) is 48.6 Å². The molecule has 2 aromatic rings. The SMILES string of the molecule is CC(CNCc1cccc(Cl)c1)c1ccccc1. The maximum Gasteiger partial charge on any atom is 0.0409 e. The van der Waals surface area contributed by atoms with Crippen LogP contribution in [0, 0.1) is 0 Å². The standard InChI is InChI=1S/C16H18ClN/c1-13(15-7-3-2-4-8-15)11-18-12-14-6-5-9-16(17)10-14/h2-10,13,18H,11-12H2,1H3. The van der Waals surface area contributed by atoms with Gasteiger partial charge in [0.2, 0.25) is 0 Å². The molecule has 0 bridgehead atoms. The van der Waals surface area contributed by atoms with Gasteiger partial charge in [-0.15, -0.1) is 0 Å². The van der Waals surface area contributed by atoms with Gasteiger partial charge in [-0.2, -0.15) is 0 Å². The van der Waals surface area contributed by atoms with Crippen LogP contribution in [0.25, 0.3) is 0 Å². The summed E-state index contributed by atoms with van der Waals surface area (Å²) in [7, 11) is 0. The molecule has 2 aromatic carbocycles. The Balaban J connectivity index is 1.82. The minimum Gasteiger partial charge on any atom is -0.312 e. The molecule has 1 N–H and O–H groups in total. The van der Waals surface area contributed by atoms with Crippen molar-refractivity contribution >= 4 is 11.6 Å². The van der Waals surface area contributed by atoms with Crippen molar-refractivity contribution < 1.29 is 0 Å². The molecule has 0 saturated heterocycles. The predicted octanol–water partition coefficient (Wildman–Crippen LogP) is 4.23. The maximum absolute atomic E-state index is 5.95. The van der Waals surface area contributed by atoms with E-state index >= 15 is 0 Å². The fraction of sp³-hybridized carbons (Fsp3) is 0.250. The molecule has 0 aliphatic heterocycles. The molecule has 18 heavy (non-hydrogen) atoms. The molecule has 0 aliphatic rings. The van der Waals surface area contributed by atoms with Crippen molar-refractivity contribution in [3.05, 3.63) is 70.7 Å². The highest BCUT2D eigenvalue weighted by Gasteiger charge is 2.03. The summed E-state index contributed by atoms with van der Waals surface area (Å²) in [6.07, 6.45) is 0. The fourth-order valence-corrected chi connectivity index (χ4v) is 2.19. The molecule has 2 heteroatoms. The molecule has 94 valence electrons. The summed E-state index contributed by atoms with van der Waals surface area (Å²) >= 11 is 5.95. The molecule has 0 saturated carbocycles. The Hall–Kier alpha value is -1.31. The summed E-state index contributed by atoms with van der Waals surface area (Å²) in [5.74, 6) is 0.519. The van der Waals surface area contributed by atoms with E-state index in [4.69, 9.17) is 11.6 Å². The second-order valence-electron chi connectivity index (χ2n) is 4.57. The third-order valence-corrected chi connectivity index (χ3v) is 3.27. The van der Waals surface area contributed by atoms with Crippen LogP contribution in [0.5, 0.6) is 0 Å². The summed E-state index contributed by atoms with van der Waals surface area (Å²) in [5, 5.41) is 4.27. The van der Waals surface area contributed by atoms with Gasteiger partial charge in [0.1, 0.15) is 0 Å². The van der Waals surface area contributed by atoms with Gasteiger partial charge in [0, 0.05) is 18.1 Å². The van der Waals surface area contributed by atoms with Gasteiger partial charge in [-0.1, -0.05) is 61.0 Å². The first-order valence-corrected chi connectivity index (χ1v) is 6.63. The number of benzene rings is 2. The molecule has 1 unspecified atom stereocenters. The van der Waals surface area contributed by atoms with Crippen molar-refractivity contribution in [3.8, 4) is 0 Å². The Bertz CT molecular complexity index is 481. The summed E-state index contributed by atoms with van der Waals surface area (Å²) in [5.41, 5.74) is 2.60. The molecule has 1 atom stereocenters. The molecule has 2 rings (SSSR count). The largest absolute Gasteiger partial charge is 0.312 e. The van der Waals surface area contributed by atoms with E-state index in [1.807, 2.05) is 18.2 Å². The van der Waals surface area contributed by atoms with Gasteiger partial charge < -0.3 is 5.32 Å². The highest BCUT2D eigenvalue weighted by atomic mass is 35.5. The van der Waals surface area contributed by atoms with Crippen LogP contribution in [0.15, 0.2) is 54.6 Å². The third kappa shape index (κ3) is 3.86. The van der Waals surface area contributed by atoms with E-state index in [-0.39, 0.29) is 0 Å². The van der Waals surface area contributed by atoms with Crippen molar-refractivity contribution in [2.75, 3.05) is 6.54 Å². The van der Waals surface area contributed by atoms with E-state index in [1.165, 1.54) is 11.1 Å². The third-order valence-electron chi connectivity index (χ3n) is 3.04. The molecular weight excluding hydrogens is 242 g/mol. The lowest BCUT2D eigenvalue weighted by molar-refractivity contribution is 0.615. The minimum absolute atomic E-state index is 0.519. The molecule has 0 fully saturated rings. The van der Waals surface area contributed by atoms with Gasteiger partial charge >= 0.3 is 0 Å². The number of halogens is 1. The Labute approximate surface area is 114 Å². The average molecular weight is 260 g/mol. The molecule has 0 amide bonds. The van der Waals surface area contributed by atoms with Crippen LogP contribution in [0.2, 0.25) is 5.02 Å². The van der Waals surface area contributed by atoms with Crippen LogP contribution in [-0.2, 0) is 6.54 Å². The lowest BCUT2D eigenvalue weighted by Crippen LogP contribution is -2.19. The fourth-order valence-electron chi connectivity index (χ4n) is 1.98. The van der Waals surface area contributed by atoms with Gasteiger partial charge in [0.15, 0.2) is 0 Å². The quantitative estimate of drug-likeness (QED) is 0.847. The van der Waals surface area contributed by atoms with Crippen molar-refractivity contribution in [1.82, 2.24) is 5.32 Å². The topological polar surface area (TPSA) is 12.0 Å². The van der Waals surface area contributed by atoms with Crippen LogP contribution < -0.4 is 5.32 Å². The molecule has 0 heterocycles. The summed E-state index contributed by atoms with van der Waals surface area (Å²) in [6.45, 7) is 4.06. The van der Waals surface area contributed by atoms with E-state index in [0.717, 1.165) is 18.1 Å². The second-order valence-corrected chi connectivity index (χ2v) is 5.01. The Morgan fingerprint density at radius 1 is 1.06 bits per heavy atom. The van der Waals surface area contributed by atoms with E-state index in [1.54, 1.807) is 0 Å². The summed E-state index contributed by atoms with van der Waals surface area (Å²) in [4.78, 5) is 0. The first-order chi connectivity index (χ1) is 8.75. The van der Waals surface area contributed by atoms with E-state index in [9.17, 15) is 0 Å². The lowest BCUT2D eigenvalue weighted by atomic mass is 10.0. The van der Waals surface area contributed by atoms with Gasteiger partial charge in [-0.3, -0.25) is 0 Å². The number of hydrogen-bond donors (Lipinski definition) is 1. The molecule has 0 radical (unpaired) electrons. The van der Waals surface area contributed by atoms with Crippen molar-refractivity contribution in [1.29, 1.82) is 0 Å². The second kappa shape index (κ2) is 6.58. The predicted molar refractivity (Wildman–Crippen MR) is 78.0 cm³/mol. The highest BCUT2D eigenvalue weighted by molar-refractivity contribution is 6.30. The lowest BCUT2D eigenvalue weighted by Gasteiger charge is -2.13. The zero-order valence-corrected chi connectivity index (χ0v) is 11.3. The van der Waals surface area contributed by atoms with Gasteiger partial charge in [-0.05, 0) is 29.2 Å². The zero-order valence-electron chi connectivity index (χ0n) is 10.6. The number of hydrogen-bond acceptors (Lipinski definition) is 1. The Morgan fingerprint density at radius 2 is 1.83 bits per heavy atom. The Kier molecular flexibility index (Phi) is 4.80. The molecule has 0 aliphatic carbocycles. The van der Waals surface area contributed by atoms with Crippen LogP contribution in [-0.4, -0.2) is 6.54 Å². The number of rotatable bonds is 5. The maximum atomic E-state index is 5.95. The van der Waals surface area contributed by atoms with Crippen molar-refractivity contribution in [3.63, 3.8) is 0 Å². The van der Waals surface area contributed by atoms with Crippen LogP contribution in [0.1, 0.15) is 24.0 Å². The zero-order chi connectivity index (χ0) is 12.8. The van der Waals surface area contributed by atoms with Crippen LogP contribution >= 0.6 is 11.6 Å². The smallest absolute Gasteiger partial charge is 0.0409 e. The first kappa shape index (κ1) is 13.1. The molecule has 0 aromatic heterocycles. The van der Waals surface area contributed by atoms with Crippen molar-refractivity contribution in [2.24, 2.45) is 0 Å². The van der Waals surface area contributed by atoms with Crippen molar-refractivity contribution in [2.45, 2.75) is 19.4 Å². The summed E-state index contributed by atoms with van der Waals surface area (Å²) < 4.78 is 0. The number of nitrogens with one attached hydrogen (secondary N) is 1. The highest BCUT2D eigenvalue weighted by Crippen LogP contribution is 2.14. The van der Waals surface area contributed by atoms with Crippen LogP contribution in [0.3, 0.4) is 0 Å². The normalized spacial score (nSPS) is 12.3. The minimum atomic E-state index is 0.519. The molecule has 1 nitrogen and oxygen atoms in total. The van der Waals surface area contributed by atoms with Gasteiger partial charge in [-0.25, -0.2) is 0 Å². The van der Waals surface area contributed by atoms with Crippen LogP contribution in [0.4, 0.5) is 0 Å². The Morgan fingerprint density at radius 3 is 2.56 bits per heavy atom. The first-order valence-electron chi connectivity index (χ1n) is 6.26.